The SMILES string of the molecule is CCCn1c(SCC(=O)N2N=C(c3cccs3)C[C@H]2c2ccco2)nc2ccccc2c1=O. The summed E-state index contributed by atoms with van der Waals surface area (Å²) in [6.07, 6.45) is 3.00. The molecule has 0 spiro atoms. The van der Waals surface area contributed by atoms with E-state index < -0.39 is 0 Å². The van der Waals surface area contributed by atoms with Crippen molar-refractivity contribution in [1.82, 2.24) is 14.6 Å². The molecule has 4 aromatic rings. The molecule has 168 valence electrons. The van der Waals surface area contributed by atoms with Crippen molar-refractivity contribution in [3.63, 3.8) is 0 Å². The summed E-state index contributed by atoms with van der Waals surface area (Å²) in [6.45, 7) is 2.56. The smallest absolute Gasteiger partial charge is 0.262 e. The highest BCUT2D eigenvalue weighted by Crippen LogP contribution is 2.34. The number of nitrogens with zero attached hydrogens (tertiary/aromatic N) is 4. The Balaban J connectivity index is 1.42. The van der Waals surface area contributed by atoms with Crippen LogP contribution in [-0.2, 0) is 11.3 Å². The molecule has 4 heterocycles. The minimum absolute atomic E-state index is 0.0787. The van der Waals surface area contributed by atoms with E-state index in [2.05, 4.69) is 10.1 Å². The second kappa shape index (κ2) is 9.36. The molecule has 0 radical (unpaired) electrons. The molecule has 0 saturated heterocycles. The van der Waals surface area contributed by atoms with E-state index in [4.69, 9.17) is 4.42 Å². The number of thiophene rings is 1. The molecule has 1 amide bonds. The van der Waals surface area contributed by atoms with Crippen LogP contribution in [0.25, 0.3) is 10.9 Å². The van der Waals surface area contributed by atoms with E-state index in [1.54, 1.807) is 28.2 Å². The number of rotatable bonds is 7. The van der Waals surface area contributed by atoms with E-state index in [1.807, 2.05) is 54.8 Å². The molecule has 3 aromatic heterocycles. The van der Waals surface area contributed by atoms with Gasteiger partial charge < -0.3 is 4.42 Å². The number of aromatic nitrogens is 2. The van der Waals surface area contributed by atoms with Crippen LogP contribution < -0.4 is 5.56 Å². The first kappa shape index (κ1) is 21.7. The quantitative estimate of drug-likeness (QED) is 0.278. The highest BCUT2D eigenvalue weighted by molar-refractivity contribution is 7.99. The number of hydrogen-bond acceptors (Lipinski definition) is 7. The zero-order valence-corrected chi connectivity index (χ0v) is 19.6. The van der Waals surface area contributed by atoms with Crippen LogP contribution in [0.15, 0.2) is 79.6 Å². The van der Waals surface area contributed by atoms with Crippen molar-refractivity contribution in [1.29, 1.82) is 0 Å². The highest BCUT2D eigenvalue weighted by Gasteiger charge is 2.35. The van der Waals surface area contributed by atoms with Gasteiger partial charge in [-0.05, 0) is 42.1 Å². The van der Waals surface area contributed by atoms with Gasteiger partial charge in [-0.2, -0.15) is 5.10 Å². The van der Waals surface area contributed by atoms with Gasteiger partial charge in [0.05, 0.1) is 33.5 Å². The van der Waals surface area contributed by atoms with Crippen molar-refractivity contribution in [3.8, 4) is 0 Å². The van der Waals surface area contributed by atoms with Crippen LogP contribution in [0.5, 0.6) is 0 Å². The van der Waals surface area contributed by atoms with Crippen LogP contribution in [0.1, 0.15) is 36.4 Å². The fourth-order valence-corrected chi connectivity index (χ4v) is 5.50. The lowest BCUT2D eigenvalue weighted by Gasteiger charge is -2.20. The molecule has 33 heavy (non-hydrogen) atoms. The lowest BCUT2D eigenvalue weighted by molar-refractivity contribution is -0.130. The van der Waals surface area contributed by atoms with E-state index in [9.17, 15) is 9.59 Å². The second-order valence-electron chi connectivity index (χ2n) is 7.65. The fourth-order valence-electron chi connectivity index (χ4n) is 3.91. The Morgan fingerprint density at radius 3 is 2.85 bits per heavy atom. The first-order valence-electron chi connectivity index (χ1n) is 10.7. The Labute approximate surface area is 198 Å². The van der Waals surface area contributed by atoms with E-state index in [0.717, 1.165) is 17.0 Å². The predicted octanol–water partition coefficient (Wildman–Crippen LogP) is 4.93. The molecule has 0 fully saturated rings. The van der Waals surface area contributed by atoms with Crippen molar-refractivity contribution in [2.75, 3.05) is 5.75 Å². The van der Waals surface area contributed by atoms with Crippen LogP contribution in [0.4, 0.5) is 0 Å². The summed E-state index contributed by atoms with van der Waals surface area (Å²) < 4.78 is 7.27. The predicted molar refractivity (Wildman–Crippen MR) is 131 cm³/mol. The number of furan rings is 1. The molecule has 1 atom stereocenters. The number of benzene rings is 1. The lowest BCUT2D eigenvalue weighted by atomic mass is 10.1. The number of carbonyl (C=O) groups excluding carboxylic acids is 1. The van der Waals surface area contributed by atoms with Crippen LogP contribution in [-0.4, -0.2) is 31.9 Å². The first-order valence-corrected chi connectivity index (χ1v) is 12.6. The monoisotopic (exact) mass is 478 g/mol. The van der Waals surface area contributed by atoms with Crippen molar-refractivity contribution in [2.24, 2.45) is 5.10 Å². The molecule has 7 nitrogen and oxygen atoms in total. The number of fused-ring (bicyclic) bond motifs is 1. The number of hydrogen-bond donors (Lipinski definition) is 0. The third kappa shape index (κ3) is 4.26. The molecule has 1 aliphatic heterocycles. The summed E-state index contributed by atoms with van der Waals surface area (Å²) in [5.41, 5.74) is 1.43. The Bertz CT molecular complexity index is 1360. The van der Waals surface area contributed by atoms with E-state index in [0.29, 0.717) is 34.8 Å². The summed E-state index contributed by atoms with van der Waals surface area (Å²) in [4.78, 5) is 32.0. The first-order chi connectivity index (χ1) is 16.2. The average molecular weight is 479 g/mol. The van der Waals surface area contributed by atoms with Gasteiger partial charge >= 0.3 is 0 Å². The summed E-state index contributed by atoms with van der Waals surface area (Å²) in [5, 5.41) is 9.31. The van der Waals surface area contributed by atoms with Crippen molar-refractivity contribution in [3.05, 3.63) is 81.2 Å². The minimum atomic E-state index is -0.285. The molecule has 1 aliphatic rings. The van der Waals surface area contributed by atoms with Gasteiger partial charge in [-0.15, -0.1) is 11.3 Å². The highest BCUT2D eigenvalue weighted by atomic mass is 32.2. The number of carbonyl (C=O) groups is 1. The second-order valence-corrected chi connectivity index (χ2v) is 9.54. The Morgan fingerprint density at radius 1 is 1.21 bits per heavy atom. The molecule has 0 N–H and O–H groups in total. The number of amides is 1. The van der Waals surface area contributed by atoms with Crippen molar-refractivity contribution in [2.45, 2.75) is 37.5 Å². The van der Waals surface area contributed by atoms with Crippen LogP contribution in [0.2, 0.25) is 0 Å². The van der Waals surface area contributed by atoms with Gasteiger partial charge in [0.15, 0.2) is 5.16 Å². The number of para-hydroxylation sites is 1. The van der Waals surface area contributed by atoms with Crippen LogP contribution in [0, 0.1) is 0 Å². The van der Waals surface area contributed by atoms with Gasteiger partial charge in [0, 0.05) is 13.0 Å². The van der Waals surface area contributed by atoms with Crippen molar-refractivity contribution < 1.29 is 9.21 Å². The maximum absolute atomic E-state index is 13.3. The molecule has 9 heteroatoms. The average Bonchev–Trinajstić information content (AvgIpc) is 3.60. The summed E-state index contributed by atoms with van der Waals surface area (Å²) in [7, 11) is 0. The minimum Gasteiger partial charge on any atom is -0.467 e. The standard InChI is InChI=1S/C24H22N4O3S2/c1-2-11-27-23(30)16-7-3-4-8-17(16)25-24(27)33-15-22(29)28-19(20-9-5-12-31-20)14-18(26-28)21-10-6-13-32-21/h3-10,12-13,19H,2,11,14-15H2,1H3/t19-/m0/s1. The number of thioether (sulfide) groups is 1. The largest absolute Gasteiger partial charge is 0.467 e. The zero-order valence-electron chi connectivity index (χ0n) is 18.0. The van der Waals surface area contributed by atoms with Crippen molar-refractivity contribution >= 4 is 45.6 Å². The molecule has 0 unspecified atom stereocenters. The summed E-state index contributed by atoms with van der Waals surface area (Å²) >= 11 is 2.87. The molecule has 0 aliphatic carbocycles. The third-order valence-corrected chi connectivity index (χ3v) is 7.32. The van der Waals surface area contributed by atoms with Crippen LogP contribution in [0.3, 0.4) is 0 Å². The normalized spacial score (nSPS) is 15.8. The van der Waals surface area contributed by atoms with E-state index >= 15 is 0 Å². The molecular weight excluding hydrogens is 456 g/mol. The Hall–Kier alpha value is -3.17. The molecule has 0 bridgehead atoms. The third-order valence-electron chi connectivity index (χ3n) is 5.44. The topological polar surface area (TPSA) is 80.7 Å². The van der Waals surface area contributed by atoms with E-state index in [1.165, 1.54) is 16.8 Å². The Kier molecular flexibility index (Phi) is 6.15. The molecule has 0 saturated carbocycles. The fraction of sp³-hybridized carbons (Fsp3) is 0.250. The van der Waals surface area contributed by atoms with E-state index in [-0.39, 0.29) is 23.3 Å². The van der Waals surface area contributed by atoms with Gasteiger partial charge in [0.1, 0.15) is 11.8 Å². The van der Waals surface area contributed by atoms with Gasteiger partial charge in [0.25, 0.3) is 11.5 Å². The lowest BCUT2D eigenvalue weighted by Crippen LogP contribution is -2.29. The Morgan fingerprint density at radius 2 is 2.09 bits per heavy atom. The molecular formula is C24H22N4O3S2. The van der Waals surface area contributed by atoms with Crippen LogP contribution >= 0.6 is 23.1 Å². The summed E-state index contributed by atoms with van der Waals surface area (Å²) in [5.74, 6) is 0.668. The van der Waals surface area contributed by atoms with Gasteiger partial charge in [-0.3, -0.25) is 14.2 Å². The summed E-state index contributed by atoms with van der Waals surface area (Å²) in [6, 6.07) is 14.7. The molecule has 5 rings (SSSR count). The zero-order chi connectivity index (χ0) is 22.8. The maximum atomic E-state index is 13.3. The molecule has 1 aromatic carbocycles. The van der Waals surface area contributed by atoms with Gasteiger partial charge in [-0.1, -0.05) is 36.9 Å². The van der Waals surface area contributed by atoms with Gasteiger partial charge in [-0.25, -0.2) is 9.99 Å². The number of hydrazone groups is 1. The maximum Gasteiger partial charge on any atom is 0.262 e. The van der Waals surface area contributed by atoms with Gasteiger partial charge in [0.2, 0.25) is 0 Å².